The molecule has 0 aromatic heterocycles. The third-order valence-electron chi connectivity index (χ3n) is 3.41. The number of methoxy groups -OCH3 is 1. The van der Waals surface area contributed by atoms with Crippen molar-refractivity contribution >= 4 is 11.4 Å². The van der Waals surface area contributed by atoms with E-state index in [4.69, 9.17) is 4.74 Å². The number of aryl methyl sites for hydroxylation is 1. The zero-order chi connectivity index (χ0) is 15.4. The molecule has 0 aliphatic carbocycles. The van der Waals surface area contributed by atoms with Gasteiger partial charge in [0, 0.05) is 23.9 Å². The molecule has 2 aromatic rings. The lowest BCUT2D eigenvalue weighted by Crippen LogP contribution is -2.08. The van der Waals surface area contributed by atoms with E-state index in [1.54, 1.807) is 12.1 Å². The van der Waals surface area contributed by atoms with Crippen molar-refractivity contribution in [2.45, 2.75) is 19.9 Å². The Labute approximate surface area is 123 Å². The van der Waals surface area contributed by atoms with Crippen molar-refractivity contribution in [3.05, 3.63) is 63.7 Å². The Hall–Kier alpha value is -2.56. The van der Waals surface area contributed by atoms with Crippen molar-refractivity contribution in [1.29, 1.82) is 0 Å². The van der Waals surface area contributed by atoms with Crippen LogP contribution >= 0.6 is 0 Å². The van der Waals surface area contributed by atoms with E-state index in [-0.39, 0.29) is 17.5 Å². The van der Waals surface area contributed by atoms with Crippen LogP contribution in [0, 0.1) is 17.0 Å². The summed E-state index contributed by atoms with van der Waals surface area (Å²) in [6, 6.07) is 13.0. The number of nitro benzene ring substituents is 1. The van der Waals surface area contributed by atoms with Crippen molar-refractivity contribution in [1.82, 2.24) is 0 Å². The zero-order valence-corrected chi connectivity index (χ0v) is 12.3. The molecule has 0 heterocycles. The van der Waals surface area contributed by atoms with E-state index >= 15 is 0 Å². The number of ether oxygens (including phenoxy) is 1. The van der Waals surface area contributed by atoms with Gasteiger partial charge in [0.25, 0.3) is 0 Å². The summed E-state index contributed by atoms with van der Waals surface area (Å²) < 4.78 is 5.08. The summed E-state index contributed by atoms with van der Waals surface area (Å²) in [7, 11) is 1.43. The van der Waals surface area contributed by atoms with Gasteiger partial charge in [0.05, 0.1) is 12.0 Å². The fourth-order valence-corrected chi connectivity index (χ4v) is 2.32. The molecule has 0 amide bonds. The van der Waals surface area contributed by atoms with Gasteiger partial charge in [-0.1, -0.05) is 24.3 Å². The number of nitrogens with zero attached hydrogens (tertiary/aromatic N) is 1. The summed E-state index contributed by atoms with van der Waals surface area (Å²) >= 11 is 0. The minimum Gasteiger partial charge on any atom is -0.490 e. The normalized spacial score (nSPS) is 11.8. The van der Waals surface area contributed by atoms with Crippen LogP contribution in [0.2, 0.25) is 0 Å². The van der Waals surface area contributed by atoms with Gasteiger partial charge < -0.3 is 10.1 Å². The van der Waals surface area contributed by atoms with Gasteiger partial charge in [-0.05, 0) is 31.0 Å². The topological polar surface area (TPSA) is 64.4 Å². The molecule has 0 saturated heterocycles. The standard InChI is InChI=1S/C16H18N2O3/c1-11-6-4-5-7-14(11)12(2)17-13-8-9-15(18(19)20)16(10-13)21-3/h4-10,12,17H,1-3H3. The molecule has 0 aliphatic heterocycles. The van der Waals surface area contributed by atoms with E-state index in [2.05, 4.69) is 31.3 Å². The van der Waals surface area contributed by atoms with Crippen molar-refractivity contribution in [3.63, 3.8) is 0 Å². The first-order chi connectivity index (χ1) is 10.0. The Kier molecular flexibility index (Phi) is 4.42. The molecule has 0 spiro atoms. The van der Waals surface area contributed by atoms with Crippen LogP contribution in [0.15, 0.2) is 42.5 Å². The number of nitrogens with one attached hydrogen (secondary N) is 1. The summed E-state index contributed by atoms with van der Waals surface area (Å²) in [6.45, 7) is 4.11. The molecule has 5 heteroatoms. The van der Waals surface area contributed by atoms with Gasteiger partial charge in [0.15, 0.2) is 5.75 Å². The van der Waals surface area contributed by atoms with Gasteiger partial charge in [-0.2, -0.15) is 0 Å². The van der Waals surface area contributed by atoms with E-state index in [0.717, 1.165) is 5.69 Å². The number of nitro groups is 1. The molecule has 0 radical (unpaired) electrons. The lowest BCUT2D eigenvalue weighted by molar-refractivity contribution is -0.385. The predicted octanol–water partition coefficient (Wildman–Crippen LogP) is 4.08. The maximum Gasteiger partial charge on any atom is 0.311 e. The third-order valence-corrected chi connectivity index (χ3v) is 3.41. The second kappa shape index (κ2) is 6.26. The monoisotopic (exact) mass is 286 g/mol. The number of rotatable bonds is 5. The summed E-state index contributed by atoms with van der Waals surface area (Å²) in [4.78, 5) is 10.4. The fourth-order valence-electron chi connectivity index (χ4n) is 2.32. The maximum absolute atomic E-state index is 10.9. The molecule has 0 aliphatic rings. The maximum atomic E-state index is 10.9. The van der Waals surface area contributed by atoms with Gasteiger partial charge in [-0.3, -0.25) is 10.1 Å². The lowest BCUT2D eigenvalue weighted by Gasteiger charge is -2.18. The smallest absolute Gasteiger partial charge is 0.311 e. The Balaban J connectivity index is 2.24. The van der Waals surface area contributed by atoms with Crippen molar-refractivity contribution in [2.75, 3.05) is 12.4 Å². The van der Waals surface area contributed by atoms with E-state index in [9.17, 15) is 10.1 Å². The molecule has 1 unspecified atom stereocenters. The van der Waals surface area contributed by atoms with E-state index in [0.29, 0.717) is 0 Å². The molecule has 21 heavy (non-hydrogen) atoms. The van der Waals surface area contributed by atoms with Crippen LogP contribution in [0.4, 0.5) is 11.4 Å². The SMILES string of the molecule is COc1cc(NC(C)c2ccccc2C)ccc1[N+](=O)[O-]. The summed E-state index contributed by atoms with van der Waals surface area (Å²) in [5.41, 5.74) is 3.14. The second-order valence-electron chi connectivity index (χ2n) is 4.87. The van der Waals surface area contributed by atoms with Crippen LogP contribution in [0.25, 0.3) is 0 Å². The molecule has 1 atom stereocenters. The quantitative estimate of drug-likeness (QED) is 0.664. The number of hydrogen-bond donors (Lipinski definition) is 1. The number of anilines is 1. The molecule has 110 valence electrons. The van der Waals surface area contributed by atoms with Crippen molar-refractivity contribution < 1.29 is 9.66 Å². The minimum absolute atomic E-state index is 0.0356. The molecule has 2 rings (SSSR count). The van der Waals surface area contributed by atoms with E-state index in [1.165, 1.54) is 24.3 Å². The van der Waals surface area contributed by atoms with Crippen LogP contribution in [-0.4, -0.2) is 12.0 Å². The Morgan fingerprint density at radius 3 is 2.57 bits per heavy atom. The van der Waals surface area contributed by atoms with Crippen molar-refractivity contribution in [2.24, 2.45) is 0 Å². The average molecular weight is 286 g/mol. The zero-order valence-electron chi connectivity index (χ0n) is 12.3. The molecule has 1 N–H and O–H groups in total. The minimum atomic E-state index is -0.451. The van der Waals surface area contributed by atoms with E-state index < -0.39 is 4.92 Å². The van der Waals surface area contributed by atoms with Crippen molar-refractivity contribution in [3.8, 4) is 5.75 Å². The summed E-state index contributed by atoms with van der Waals surface area (Å²) in [6.07, 6.45) is 0. The molecule has 5 nitrogen and oxygen atoms in total. The van der Waals surface area contributed by atoms with Gasteiger partial charge in [0.2, 0.25) is 0 Å². The molecular formula is C16H18N2O3. The first-order valence-corrected chi connectivity index (χ1v) is 6.67. The summed E-state index contributed by atoms with van der Waals surface area (Å²) in [5, 5.41) is 14.2. The van der Waals surface area contributed by atoms with Crippen LogP contribution in [0.1, 0.15) is 24.1 Å². The first kappa shape index (κ1) is 14.8. The highest BCUT2D eigenvalue weighted by molar-refractivity contribution is 5.58. The lowest BCUT2D eigenvalue weighted by atomic mass is 10.0. The highest BCUT2D eigenvalue weighted by atomic mass is 16.6. The largest absolute Gasteiger partial charge is 0.490 e. The second-order valence-corrected chi connectivity index (χ2v) is 4.87. The Bertz CT molecular complexity index is 656. The molecule has 0 saturated carbocycles. The average Bonchev–Trinajstić information content (AvgIpc) is 2.47. The summed E-state index contributed by atoms with van der Waals surface area (Å²) in [5.74, 6) is 0.252. The molecule has 2 aromatic carbocycles. The highest BCUT2D eigenvalue weighted by Gasteiger charge is 2.16. The highest BCUT2D eigenvalue weighted by Crippen LogP contribution is 2.31. The van der Waals surface area contributed by atoms with Crippen LogP contribution in [0.5, 0.6) is 5.75 Å². The van der Waals surface area contributed by atoms with Crippen LogP contribution in [-0.2, 0) is 0 Å². The van der Waals surface area contributed by atoms with Gasteiger partial charge in [-0.15, -0.1) is 0 Å². The molecular weight excluding hydrogens is 268 g/mol. The first-order valence-electron chi connectivity index (χ1n) is 6.67. The third kappa shape index (κ3) is 3.31. The number of hydrogen-bond acceptors (Lipinski definition) is 4. The van der Waals surface area contributed by atoms with Gasteiger partial charge in [0.1, 0.15) is 0 Å². The Morgan fingerprint density at radius 1 is 1.24 bits per heavy atom. The van der Waals surface area contributed by atoms with Gasteiger partial charge >= 0.3 is 5.69 Å². The molecule has 0 bridgehead atoms. The molecule has 0 fully saturated rings. The van der Waals surface area contributed by atoms with Crippen LogP contribution < -0.4 is 10.1 Å². The Morgan fingerprint density at radius 2 is 1.95 bits per heavy atom. The van der Waals surface area contributed by atoms with Gasteiger partial charge in [-0.25, -0.2) is 0 Å². The van der Waals surface area contributed by atoms with E-state index in [1.807, 2.05) is 12.1 Å². The predicted molar refractivity (Wildman–Crippen MR) is 82.9 cm³/mol. The fraction of sp³-hybridized carbons (Fsp3) is 0.250. The number of benzene rings is 2. The van der Waals surface area contributed by atoms with Crippen LogP contribution in [0.3, 0.4) is 0 Å².